The Labute approximate surface area is 107 Å². The predicted molar refractivity (Wildman–Crippen MR) is 70.7 cm³/mol. The van der Waals surface area contributed by atoms with Gasteiger partial charge < -0.3 is 4.74 Å². The minimum atomic E-state index is -0.397. The van der Waals surface area contributed by atoms with Crippen molar-refractivity contribution in [2.75, 3.05) is 7.11 Å². The minimum Gasteiger partial charge on any atom is -0.465 e. The monoisotopic (exact) mass is 291 g/mol. The highest BCUT2D eigenvalue weighted by atomic mass is 79.9. The lowest BCUT2D eigenvalue weighted by Gasteiger charge is -2.02. The molecule has 0 atom stereocenters. The van der Waals surface area contributed by atoms with Crippen LogP contribution < -0.4 is 0 Å². The summed E-state index contributed by atoms with van der Waals surface area (Å²) in [6.07, 6.45) is 3.45. The zero-order valence-electron chi connectivity index (χ0n) is 9.18. The van der Waals surface area contributed by atoms with E-state index >= 15 is 0 Å². The Morgan fingerprint density at radius 1 is 1.35 bits per heavy atom. The fourth-order valence-electron chi connectivity index (χ4n) is 1.54. The second-order valence-electron chi connectivity index (χ2n) is 3.40. The Morgan fingerprint density at radius 2 is 2.12 bits per heavy atom. The van der Waals surface area contributed by atoms with Crippen LogP contribution >= 0.6 is 15.9 Å². The maximum Gasteiger partial charge on any atom is 0.344 e. The number of esters is 1. The van der Waals surface area contributed by atoms with Crippen LogP contribution in [0.1, 0.15) is 5.56 Å². The third-order valence-electron chi connectivity index (χ3n) is 2.35. The highest BCUT2D eigenvalue weighted by molar-refractivity contribution is 9.12. The molecule has 0 saturated carbocycles. The Hall–Kier alpha value is -1.68. The molecule has 0 N–H and O–H groups in total. The third-order valence-corrected chi connectivity index (χ3v) is 2.90. The number of benzene rings is 1. The van der Waals surface area contributed by atoms with Gasteiger partial charge in [0.2, 0.25) is 0 Å². The first-order valence-electron chi connectivity index (χ1n) is 5.01. The molecule has 2 rings (SSSR count). The molecule has 0 aliphatic carbocycles. The van der Waals surface area contributed by atoms with Gasteiger partial charge in [-0.25, -0.2) is 4.79 Å². The van der Waals surface area contributed by atoms with Gasteiger partial charge in [-0.15, -0.1) is 0 Å². The van der Waals surface area contributed by atoms with Crippen molar-refractivity contribution >= 4 is 38.9 Å². The first-order chi connectivity index (χ1) is 8.22. The molecule has 1 aromatic carbocycles. The normalized spacial score (nSPS) is 11.5. The number of aromatic nitrogens is 1. The largest absolute Gasteiger partial charge is 0.465 e. The molecule has 0 fully saturated rings. The zero-order valence-corrected chi connectivity index (χ0v) is 10.8. The molecule has 86 valence electrons. The number of hydrogen-bond donors (Lipinski definition) is 0. The molecular weight excluding hydrogens is 282 g/mol. The van der Waals surface area contributed by atoms with E-state index in [-0.39, 0.29) is 0 Å². The molecule has 0 radical (unpaired) electrons. The highest BCUT2D eigenvalue weighted by Crippen LogP contribution is 2.21. The summed E-state index contributed by atoms with van der Waals surface area (Å²) in [5, 5.41) is 0.996. The van der Waals surface area contributed by atoms with E-state index in [2.05, 4.69) is 25.7 Å². The quantitative estimate of drug-likeness (QED) is 0.630. The molecule has 0 unspecified atom stereocenters. The maximum atomic E-state index is 11.3. The van der Waals surface area contributed by atoms with Crippen molar-refractivity contribution in [3.63, 3.8) is 0 Å². The average Bonchev–Trinajstić information content (AvgIpc) is 2.38. The van der Waals surface area contributed by atoms with Gasteiger partial charge in [-0.3, -0.25) is 4.98 Å². The second-order valence-corrected chi connectivity index (χ2v) is 4.26. The molecule has 0 aliphatic rings. The first kappa shape index (κ1) is 11.8. The molecule has 1 aromatic heterocycles. The molecule has 17 heavy (non-hydrogen) atoms. The van der Waals surface area contributed by atoms with E-state index in [0.717, 1.165) is 16.5 Å². The summed E-state index contributed by atoms with van der Waals surface area (Å²) in [5.41, 5.74) is 1.82. The summed E-state index contributed by atoms with van der Waals surface area (Å²) in [4.78, 5) is 15.6. The van der Waals surface area contributed by atoms with Gasteiger partial charge in [-0.1, -0.05) is 18.2 Å². The van der Waals surface area contributed by atoms with Gasteiger partial charge in [0.05, 0.1) is 12.6 Å². The second kappa shape index (κ2) is 5.10. The molecular formula is C13H10BrNO2. The van der Waals surface area contributed by atoms with Gasteiger partial charge in [0.15, 0.2) is 0 Å². The van der Waals surface area contributed by atoms with Gasteiger partial charge in [0.1, 0.15) is 4.48 Å². The molecule has 1 heterocycles. The van der Waals surface area contributed by atoms with Crippen LogP contribution in [0.25, 0.3) is 17.0 Å². The predicted octanol–water partition coefficient (Wildman–Crippen LogP) is 3.14. The SMILES string of the molecule is COC(=O)/C(Br)=C\c1ccnc2ccccc12. The van der Waals surface area contributed by atoms with Crippen LogP contribution in [0.5, 0.6) is 0 Å². The standard InChI is InChI=1S/C13H10BrNO2/c1-17-13(16)11(14)8-9-6-7-15-12-5-3-2-4-10(9)12/h2-8H,1H3/b11-8+. The van der Waals surface area contributed by atoms with Crippen LogP contribution in [-0.2, 0) is 9.53 Å². The molecule has 0 aliphatic heterocycles. The number of fused-ring (bicyclic) bond motifs is 1. The fraction of sp³-hybridized carbons (Fsp3) is 0.0769. The van der Waals surface area contributed by atoms with Gasteiger partial charge in [-0.05, 0) is 39.7 Å². The van der Waals surface area contributed by atoms with Crippen molar-refractivity contribution in [2.45, 2.75) is 0 Å². The number of nitrogens with zero attached hydrogens (tertiary/aromatic N) is 1. The Morgan fingerprint density at radius 3 is 2.88 bits per heavy atom. The van der Waals surface area contributed by atoms with E-state index in [1.54, 1.807) is 12.3 Å². The van der Waals surface area contributed by atoms with Crippen molar-refractivity contribution in [3.8, 4) is 0 Å². The van der Waals surface area contributed by atoms with E-state index < -0.39 is 5.97 Å². The lowest BCUT2D eigenvalue weighted by molar-refractivity contribution is -0.135. The maximum absolute atomic E-state index is 11.3. The van der Waals surface area contributed by atoms with Crippen molar-refractivity contribution < 1.29 is 9.53 Å². The number of pyridine rings is 1. The van der Waals surface area contributed by atoms with Crippen LogP contribution in [-0.4, -0.2) is 18.1 Å². The van der Waals surface area contributed by atoms with Gasteiger partial charge in [-0.2, -0.15) is 0 Å². The number of rotatable bonds is 2. The summed E-state index contributed by atoms with van der Waals surface area (Å²) in [5.74, 6) is -0.397. The Balaban J connectivity index is 2.53. The lowest BCUT2D eigenvalue weighted by Crippen LogP contribution is -1.98. The van der Waals surface area contributed by atoms with Crippen molar-refractivity contribution in [1.82, 2.24) is 4.98 Å². The van der Waals surface area contributed by atoms with Crippen molar-refractivity contribution in [2.24, 2.45) is 0 Å². The topological polar surface area (TPSA) is 39.2 Å². The van der Waals surface area contributed by atoms with Crippen LogP contribution in [0.3, 0.4) is 0 Å². The molecule has 3 nitrogen and oxygen atoms in total. The fourth-order valence-corrected chi connectivity index (χ4v) is 1.95. The van der Waals surface area contributed by atoms with Crippen LogP contribution in [0, 0.1) is 0 Å². The Kier molecular flexibility index (Phi) is 3.54. The smallest absolute Gasteiger partial charge is 0.344 e. The van der Waals surface area contributed by atoms with E-state index in [4.69, 9.17) is 0 Å². The number of carbonyl (C=O) groups excluding carboxylic acids is 1. The summed E-state index contributed by atoms with van der Waals surface area (Å²) in [6, 6.07) is 9.61. The van der Waals surface area contributed by atoms with Crippen LogP contribution in [0.15, 0.2) is 41.0 Å². The highest BCUT2D eigenvalue weighted by Gasteiger charge is 2.06. The number of ether oxygens (including phenoxy) is 1. The van der Waals surface area contributed by atoms with E-state index in [9.17, 15) is 4.79 Å². The summed E-state index contributed by atoms with van der Waals surface area (Å²) in [6.45, 7) is 0. The van der Waals surface area contributed by atoms with E-state index in [0.29, 0.717) is 4.48 Å². The first-order valence-corrected chi connectivity index (χ1v) is 5.81. The van der Waals surface area contributed by atoms with Gasteiger partial charge >= 0.3 is 5.97 Å². The minimum absolute atomic E-state index is 0.386. The molecule has 0 saturated heterocycles. The van der Waals surface area contributed by atoms with Crippen LogP contribution in [0.2, 0.25) is 0 Å². The summed E-state index contributed by atoms with van der Waals surface area (Å²) < 4.78 is 5.01. The summed E-state index contributed by atoms with van der Waals surface area (Å²) in [7, 11) is 1.35. The molecule has 4 heteroatoms. The van der Waals surface area contributed by atoms with E-state index in [1.807, 2.05) is 30.3 Å². The van der Waals surface area contributed by atoms with Crippen molar-refractivity contribution in [1.29, 1.82) is 0 Å². The van der Waals surface area contributed by atoms with Gasteiger partial charge in [0.25, 0.3) is 0 Å². The molecule has 2 aromatic rings. The molecule has 0 spiro atoms. The number of hydrogen-bond acceptors (Lipinski definition) is 3. The number of carbonyl (C=O) groups is 1. The Bertz CT molecular complexity index is 587. The van der Waals surface area contributed by atoms with Crippen molar-refractivity contribution in [3.05, 3.63) is 46.6 Å². The summed E-state index contributed by atoms with van der Waals surface area (Å²) >= 11 is 3.19. The van der Waals surface area contributed by atoms with Crippen LogP contribution in [0.4, 0.5) is 0 Å². The number of halogens is 1. The third kappa shape index (κ3) is 2.53. The number of para-hydroxylation sites is 1. The number of methoxy groups -OCH3 is 1. The zero-order chi connectivity index (χ0) is 12.3. The lowest BCUT2D eigenvalue weighted by atomic mass is 10.1. The molecule has 0 bridgehead atoms. The molecule has 0 amide bonds. The average molecular weight is 292 g/mol. The van der Waals surface area contributed by atoms with Gasteiger partial charge in [0, 0.05) is 11.6 Å². The van der Waals surface area contributed by atoms with E-state index in [1.165, 1.54) is 7.11 Å².